The van der Waals surface area contributed by atoms with Crippen LogP contribution in [0.5, 0.6) is 0 Å². The zero-order valence-corrected chi connectivity index (χ0v) is 11.8. The van der Waals surface area contributed by atoms with Crippen molar-refractivity contribution < 1.29 is 9.50 Å². The second-order valence-corrected chi connectivity index (χ2v) is 6.28. The van der Waals surface area contributed by atoms with Gasteiger partial charge in [-0.25, -0.2) is 9.37 Å². The number of aliphatic hydroxyl groups excluding tert-OH is 1. The molecule has 0 bridgehead atoms. The first-order valence-corrected chi connectivity index (χ1v) is 7.44. The van der Waals surface area contributed by atoms with Crippen LogP contribution >= 0.6 is 22.9 Å². The van der Waals surface area contributed by atoms with Crippen LogP contribution in [0.3, 0.4) is 0 Å². The number of hydrogen-bond donors (Lipinski definition) is 1. The molecular weight excluding hydrogens is 285 g/mol. The average molecular weight is 298 g/mol. The minimum absolute atomic E-state index is 0.304. The Kier molecular flexibility index (Phi) is 3.56. The van der Waals surface area contributed by atoms with Crippen molar-refractivity contribution in [1.29, 1.82) is 0 Å². The van der Waals surface area contributed by atoms with Crippen LogP contribution in [0.15, 0.2) is 18.2 Å². The number of rotatable bonds is 2. The maximum Gasteiger partial charge on any atom is 0.128 e. The Labute approximate surface area is 119 Å². The predicted molar refractivity (Wildman–Crippen MR) is 74.2 cm³/mol. The molecule has 1 N–H and O–H groups in total. The number of hydrogen-bond acceptors (Lipinski definition) is 3. The van der Waals surface area contributed by atoms with Crippen LogP contribution < -0.4 is 0 Å². The van der Waals surface area contributed by atoms with Gasteiger partial charge in [-0.1, -0.05) is 17.7 Å². The molecule has 0 aliphatic heterocycles. The van der Waals surface area contributed by atoms with E-state index in [-0.39, 0.29) is 5.82 Å². The molecule has 1 aliphatic rings. The predicted octanol–water partition coefficient (Wildman–Crippen LogP) is 3.90. The van der Waals surface area contributed by atoms with E-state index in [1.807, 2.05) is 0 Å². The molecule has 1 heterocycles. The molecule has 5 heteroatoms. The van der Waals surface area contributed by atoms with E-state index in [2.05, 4.69) is 4.98 Å². The number of aryl methyl sites for hydroxylation is 1. The van der Waals surface area contributed by atoms with E-state index in [4.69, 9.17) is 11.6 Å². The summed E-state index contributed by atoms with van der Waals surface area (Å²) in [5.41, 5.74) is 1.25. The van der Waals surface area contributed by atoms with E-state index in [0.717, 1.165) is 34.8 Å². The summed E-state index contributed by atoms with van der Waals surface area (Å²) in [7, 11) is 0. The van der Waals surface area contributed by atoms with E-state index in [1.165, 1.54) is 6.07 Å². The lowest BCUT2D eigenvalue weighted by atomic mass is 10.0. The fraction of sp³-hybridized carbons (Fsp3) is 0.357. The smallest absolute Gasteiger partial charge is 0.128 e. The minimum atomic E-state index is -0.468. The number of fused-ring (bicyclic) bond motifs is 1. The third-order valence-electron chi connectivity index (χ3n) is 3.36. The van der Waals surface area contributed by atoms with E-state index in [0.29, 0.717) is 17.0 Å². The van der Waals surface area contributed by atoms with Crippen molar-refractivity contribution in [2.45, 2.75) is 31.8 Å². The maximum atomic E-state index is 13.7. The van der Waals surface area contributed by atoms with Gasteiger partial charge in [0.1, 0.15) is 5.82 Å². The lowest BCUT2D eigenvalue weighted by Crippen LogP contribution is -2.07. The van der Waals surface area contributed by atoms with Gasteiger partial charge in [0.25, 0.3) is 0 Å². The van der Waals surface area contributed by atoms with Gasteiger partial charge in [-0.15, -0.1) is 11.3 Å². The molecule has 0 fully saturated rings. The molecule has 1 atom stereocenters. The zero-order valence-electron chi connectivity index (χ0n) is 10.2. The van der Waals surface area contributed by atoms with Gasteiger partial charge in [-0.3, -0.25) is 0 Å². The molecule has 19 heavy (non-hydrogen) atoms. The molecular formula is C14H13ClFNOS. The van der Waals surface area contributed by atoms with Crippen molar-refractivity contribution in [3.63, 3.8) is 0 Å². The highest BCUT2D eigenvalue weighted by atomic mass is 35.5. The zero-order chi connectivity index (χ0) is 13.4. The lowest BCUT2D eigenvalue weighted by Gasteiger charge is -2.14. The Balaban J connectivity index is 1.92. The van der Waals surface area contributed by atoms with Gasteiger partial charge in [0.05, 0.1) is 16.8 Å². The number of aliphatic hydroxyl groups is 1. The Bertz CT molecular complexity index is 593. The lowest BCUT2D eigenvalue weighted by molar-refractivity contribution is 0.153. The SMILES string of the molecule is OC1CCCc2sc(Cc3c(F)cccc3Cl)nc21. The van der Waals surface area contributed by atoms with Gasteiger partial charge in [-0.05, 0) is 31.4 Å². The Morgan fingerprint density at radius 3 is 3.05 bits per heavy atom. The van der Waals surface area contributed by atoms with Gasteiger partial charge in [0.2, 0.25) is 0 Å². The first-order chi connectivity index (χ1) is 9.15. The van der Waals surface area contributed by atoms with Gasteiger partial charge in [-0.2, -0.15) is 0 Å². The molecule has 1 aliphatic carbocycles. The Morgan fingerprint density at radius 1 is 1.47 bits per heavy atom. The molecule has 0 saturated heterocycles. The van der Waals surface area contributed by atoms with Crippen LogP contribution in [0.1, 0.15) is 40.1 Å². The summed E-state index contributed by atoms with van der Waals surface area (Å²) >= 11 is 7.58. The molecule has 1 aromatic heterocycles. The summed E-state index contributed by atoms with van der Waals surface area (Å²) < 4.78 is 13.7. The molecule has 100 valence electrons. The highest BCUT2D eigenvalue weighted by Crippen LogP contribution is 2.34. The summed E-state index contributed by atoms with van der Waals surface area (Å²) in [6, 6.07) is 4.68. The molecule has 3 rings (SSSR count). The first-order valence-electron chi connectivity index (χ1n) is 6.24. The Morgan fingerprint density at radius 2 is 2.32 bits per heavy atom. The van der Waals surface area contributed by atoms with Crippen molar-refractivity contribution in [2.75, 3.05) is 0 Å². The van der Waals surface area contributed by atoms with Crippen molar-refractivity contribution in [3.05, 3.63) is 50.2 Å². The summed E-state index contributed by atoms with van der Waals surface area (Å²) in [5, 5.41) is 11.1. The molecule has 1 aromatic carbocycles. The fourth-order valence-electron chi connectivity index (χ4n) is 2.37. The van der Waals surface area contributed by atoms with E-state index >= 15 is 0 Å². The highest BCUT2D eigenvalue weighted by Gasteiger charge is 2.23. The van der Waals surface area contributed by atoms with Crippen LogP contribution in [-0.2, 0) is 12.8 Å². The molecule has 0 radical (unpaired) electrons. The molecule has 2 nitrogen and oxygen atoms in total. The number of nitrogens with zero attached hydrogens (tertiary/aromatic N) is 1. The van der Waals surface area contributed by atoms with Crippen LogP contribution in [0.2, 0.25) is 5.02 Å². The normalized spacial score (nSPS) is 18.4. The van der Waals surface area contributed by atoms with Crippen LogP contribution in [0.25, 0.3) is 0 Å². The van der Waals surface area contributed by atoms with Crippen molar-refractivity contribution in [3.8, 4) is 0 Å². The average Bonchev–Trinajstić information content (AvgIpc) is 2.78. The van der Waals surface area contributed by atoms with Crippen molar-refractivity contribution >= 4 is 22.9 Å². The second-order valence-electron chi connectivity index (χ2n) is 4.70. The first kappa shape index (κ1) is 13.0. The van der Waals surface area contributed by atoms with Gasteiger partial charge in [0, 0.05) is 21.9 Å². The second kappa shape index (κ2) is 5.19. The van der Waals surface area contributed by atoms with E-state index in [9.17, 15) is 9.50 Å². The van der Waals surface area contributed by atoms with Crippen LogP contribution in [-0.4, -0.2) is 10.1 Å². The summed E-state index contributed by atoms with van der Waals surface area (Å²) in [5.74, 6) is -0.304. The van der Waals surface area contributed by atoms with Gasteiger partial charge in [0.15, 0.2) is 0 Å². The quantitative estimate of drug-likeness (QED) is 0.912. The minimum Gasteiger partial charge on any atom is -0.387 e. The van der Waals surface area contributed by atoms with Crippen LogP contribution in [0.4, 0.5) is 4.39 Å². The number of thiazole rings is 1. The fourth-order valence-corrected chi connectivity index (χ4v) is 3.78. The number of aromatic nitrogens is 1. The standard InChI is InChI=1S/C14H13ClFNOS/c15-9-3-1-4-10(16)8(9)7-13-17-14-11(18)5-2-6-12(14)19-13/h1,3-4,11,18H,2,5-7H2. The van der Waals surface area contributed by atoms with Crippen LogP contribution in [0, 0.1) is 5.82 Å². The maximum absolute atomic E-state index is 13.7. The summed E-state index contributed by atoms with van der Waals surface area (Å²) in [6.45, 7) is 0. The molecule has 0 spiro atoms. The third-order valence-corrected chi connectivity index (χ3v) is 4.84. The largest absolute Gasteiger partial charge is 0.387 e. The van der Waals surface area contributed by atoms with E-state index in [1.54, 1.807) is 23.5 Å². The monoisotopic (exact) mass is 297 g/mol. The van der Waals surface area contributed by atoms with Gasteiger partial charge >= 0.3 is 0 Å². The number of benzene rings is 1. The Hall–Kier alpha value is -0.970. The topological polar surface area (TPSA) is 33.1 Å². The van der Waals surface area contributed by atoms with E-state index < -0.39 is 6.10 Å². The molecule has 0 amide bonds. The summed E-state index contributed by atoms with van der Waals surface area (Å²) in [4.78, 5) is 5.58. The molecule has 2 aromatic rings. The number of halogens is 2. The third kappa shape index (κ3) is 2.53. The van der Waals surface area contributed by atoms with Gasteiger partial charge < -0.3 is 5.11 Å². The summed E-state index contributed by atoms with van der Waals surface area (Å²) in [6.07, 6.45) is 2.61. The molecule has 0 saturated carbocycles. The van der Waals surface area contributed by atoms with Crippen molar-refractivity contribution in [1.82, 2.24) is 4.98 Å². The van der Waals surface area contributed by atoms with Crippen molar-refractivity contribution in [2.24, 2.45) is 0 Å². The molecule has 1 unspecified atom stereocenters. The highest BCUT2D eigenvalue weighted by molar-refractivity contribution is 7.11.